The molecule has 0 saturated heterocycles. The van der Waals surface area contributed by atoms with E-state index in [-0.39, 0.29) is 31.2 Å². The van der Waals surface area contributed by atoms with Gasteiger partial charge < -0.3 is 14.7 Å². The van der Waals surface area contributed by atoms with Crippen LogP contribution in [0, 0.1) is 5.82 Å². The molecule has 1 aromatic carbocycles. The van der Waals surface area contributed by atoms with Gasteiger partial charge in [0.1, 0.15) is 6.54 Å². The smallest absolute Gasteiger partial charge is 0.323 e. The van der Waals surface area contributed by atoms with Crippen LogP contribution in [0.15, 0.2) is 24.3 Å². The van der Waals surface area contributed by atoms with Crippen molar-refractivity contribution in [3.8, 4) is 5.75 Å². The minimum atomic E-state index is -1.06. The first-order valence-corrected chi connectivity index (χ1v) is 5.84. The fourth-order valence-corrected chi connectivity index (χ4v) is 1.45. The maximum absolute atomic E-state index is 13.2. The Bertz CT molecular complexity index is 450. The zero-order valence-electron chi connectivity index (χ0n) is 10.6. The SMILES string of the molecule is CN(CC(=O)O)C(=O)CCCOc1ccccc1F. The van der Waals surface area contributed by atoms with E-state index in [2.05, 4.69) is 0 Å². The highest BCUT2D eigenvalue weighted by Gasteiger charge is 2.11. The Hall–Kier alpha value is -2.11. The van der Waals surface area contributed by atoms with Crippen LogP contribution in [0.2, 0.25) is 0 Å². The van der Waals surface area contributed by atoms with Gasteiger partial charge in [0.15, 0.2) is 11.6 Å². The van der Waals surface area contributed by atoms with Gasteiger partial charge in [-0.05, 0) is 18.6 Å². The van der Waals surface area contributed by atoms with Gasteiger partial charge >= 0.3 is 5.97 Å². The van der Waals surface area contributed by atoms with Crippen molar-refractivity contribution < 1.29 is 23.8 Å². The molecule has 1 amide bonds. The molecule has 0 aliphatic heterocycles. The highest BCUT2D eigenvalue weighted by Crippen LogP contribution is 2.15. The third kappa shape index (κ3) is 5.37. The van der Waals surface area contributed by atoms with Crippen LogP contribution in [-0.4, -0.2) is 42.1 Å². The summed E-state index contributed by atoms with van der Waals surface area (Å²) in [7, 11) is 1.42. The van der Waals surface area contributed by atoms with Gasteiger partial charge in [-0.15, -0.1) is 0 Å². The summed E-state index contributed by atoms with van der Waals surface area (Å²) in [5, 5.41) is 8.52. The third-order valence-electron chi connectivity index (χ3n) is 2.43. The average Bonchev–Trinajstić information content (AvgIpc) is 2.35. The molecule has 0 radical (unpaired) electrons. The van der Waals surface area contributed by atoms with E-state index in [4.69, 9.17) is 9.84 Å². The molecule has 104 valence electrons. The van der Waals surface area contributed by atoms with Gasteiger partial charge in [0.25, 0.3) is 0 Å². The lowest BCUT2D eigenvalue weighted by Crippen LogP contribution is -2.31. The predicted molar refractivity (Wildman–Crippen MR) is 66.4 cm³/mol. The number of likely N-dealkylation sites (N-methyl/N-ethyl adjacent to an activating group) is 1. The van der Waals surface area contributed by atoms with Gasteiger partial charge in [-0.25, -0.2) is 4.39 Å². The van der Waals surface area contributed by atoms with E-state index in [9.17, 15) is 14.0 Å². The molecule has 1 aromatic rings. The quantitative estimate of drug-likeness (QED) is 0.762. The summed E-state index contributed by atoms with van der Waals surface area (Å²) in [5.41, 5.74) is 0. The molecule has 0 aromatic heterocycles. The number of para-hydroxylation sites is 1. The highest BCUT2D eigenvalue weighted by molar-refractivity contribution is 5.80. The summed E-state index contributed by atoms with van der Waals surface area (Å²) < 4.78 is 18.4. The maximum Gasteiger partial charge on any atom is 0.323 e. The fourth-order valence-electron chi connectivity index (χ4n) is 1.45. The fraction of sp³-hybridized carbons (Fsp3) is 0.385. The van der Waals surface area contributed by atoms with Crippen molar-refractivity contribution in [2.24, 2.45) is 0 Å². The number of hydrogen-bond acceptors (Lipinski definition) is 3. The van der Waals surface area contributed by atoms with E-state index in [1.807, 2.05) is 0 Å². The summed E-state index contributed by atoms with van der Waals surface area (Å²) in [4.78, 5) is 23.0. The molecule has 1 rings (SSSR count). The Balaban J connectivity index is 2.26. The number of carbonyl (C=O) groups is 2. The van der Waals surface area contributed by atoms with E-state index in [0.29, 0.717) is 6.42 Å². The van der Waals surface area contributed by atoms with Gasteiger partial charge in [-0.2, -0.15) is 0 Å². The third-order valence-corrected chi connectivity index (χ3v) is 2.43. The topological polar surface area (TPSA) is 66.8 Å². The van der Waals surface area contributed by atoms with Crippen LogP contribution in [0.25, 0.3) is 0 Å². The van der Waals surface area contributed by atoms with E-state index < -0.39 is 11.8 Å². The summed E-state index contributed by atoms with van der Waals surface area (Å²) >= 11 is 0. The van der Waals surface area contributed by atoms with E-state index in [1.54, 1.807) is 12.1 Å². The molecule has 0 fully saturated rings. The van der Waals surface area contributed by atoms with Crippen LogP contribution in [0.4, 0.5) is 4.39 Å². The van der Waals surface area contributed by atoms with Crippen LogP contribution in [0.1, 0.15) is 12.8 Å². The Morgan fingerprint density at radius 2 is 2.05 bits per heavy atom. The molecule has 0 heterocycles. The average molecular weight is 269 g/mol. The lowest BCUT2D eigenvalue weighted by atomic mass is 10.3. The van der Waals surface area contributed by atoms with Gasteiger partial charge in [0.2, 0.25) is 5.91 Å². The number of carboxylic acids is 1. The Kier molecular flexibility index (Phi) is 5.78. The molecule has 5 nitrogen and oxygen atoms in total. The number of hydrogen-bond donors (Lipinski definition) is 1. The van der Waals surface area contributed by atoms with Crippen molar-refractivity contribution in [3.63, 3.8) is 0 Å². The molecule has 0 aliphatic rings. The van der Waals surface area contributed by atoms with Crippen molar-refractivity contribution in [3.05, 3.63) is 30.1 Å². The number of rotatable bonds is 7. The predicted octanol–water partition coefficient (Wildman–Crippen LogP) is 1.53. The minimum Gasteiger partial charge on any atom is -0.491 e. The first-order chi connectivity index (χ1) is 9.00. The maximum atomic E-state index is 13.2. The summed E-state index contributed by atoms with van der Waals surface area (Å²) in [5.74, 6) is -1.64. The standard InChI is InChI=1S/C13H16FNO4/c1-15(9-13(17)18)12(16)7-4-8-19-11-6-3-2-5-10(11)14/h2-3,5-6H,4,7-9H2,1H3,(H,17,18). The van der Waals surface area contributed by atoms with Gasteiger partial charge in [-0.3, -0.25) is 9.59 Å². The summed E-state index contributed by atoms with van der Waals surface area (Å²) in [6, 6.07) is 6.02. The Labute approximate surface area is 110 Å². The van der Waals surface area contributed by atoms with E-state index in [0.717, 1.165) is 4.90 Å². The molecule has 0 unspecified atom stereocenters. The molecule has 1 N–H and O–H groups in total. The van der Waals surface area contributed by atoms with Crippen LogP contribution in [0.3, 0.4) is 0 Å². The van der Waals surface area contributed by atoms with Crippen molar-refractivity contribution in [2.45, 2.75) is 12.8 Å². The molecule has 6 heteroatoms. The number of carbonyl (C=O) groups excluding carboxylic acids is 1. The first-order valence-electron chi connectivity index (χ1n) is 5.84. The van der Waals surface area contributed by atoms with Crippen LogP contribution in [-0.2, 0) is 9.59 Å². The molecule has 0 bridgehead atoms. The second-order valence-corrected chi connectivity index (χ2v) is 4.03. The van der Waals surface area contributed by atoms with Crippen LogP contribution in [0.5, 0.6) is 5.75 Å². The zero-order chi connectivity index (χ0) is 14.3. The van der Waals surface area contributed by atoms with Gasteiger partial charge in [-0.1, -0.05) is 12.1 Å². The molecule has 19 heavy (non-hydrogen) atoms. The lowest BCUT2D eigenvalue weighted by Gasteiger charge is -2.14. The van der Waals surface area contributed by atoms with Gasteiger partial charge in [0, 0.05) is 13.5 Å². The lowest BCUT2D eigenvalue weighted by molar-refractivity contribution is -0.143. The molecular weight excluding hydrogens is 253 g/mol. The summed E-state index contributed by atoms with van der Waals surface area (Å²) in [6.07, 6.45) is 0.565. The number of halogens is 1. The highest BCUT2D eigenvalue weighted by atomic mass is 19.1. The molecule has 0 saturated carbocycles. The number of nitrogens with zero attached hydrogens (tertiary/aromatic N) is 1. The van der Waals surface area contributed by atoms with E-state index in [1.165, 1.54) is 19.2 Å². The second-order valence-electron chi connectivity index (χ2n) is 4.03. The minimum absolute atomic E-state index is 0.147. The Morgan fingerprint density at radius 1 is 1.37 bits per heavy atom. The number of benzene rings is 1. The second kappa shape index (κ2) is 7.35. The van der Waals surface area contributed by atoms with Crippen LogP contribution < -0.4 is 4.74 Å². The van der Waals surface area contributed by atoms with Crippen LogP contribution >= 0.6 is 0 Å². The number of aliphatic carboxylic acids is 1. The normalized spacial score (nSPS) is 10.0. The van der Waals surface area contributed by atoms with Crippen molar-refractivity contribution in [1.29, 1.82) is 0 Å². The monoisotopic (exact) mass is 269 g/mol. The zero-order valence-corrected chi connectivity index (χ0v) is 10.6. The van der Waals surface area contributed by atoms with Crippen molar-refractivity contribution in [1.82, 2.24) is 4.90 Å². The largest absolute Gasteiger partial charge is 0.491 e. The van der Waals surface area contributed by atoms with Gasteiger partial charge in [0.05, 0.1) is 6.61 Å². The molecule has 0 atom stereocenters. The number of carboxylic acid groups (broad SMARTS) is 1. The van der Waals surface area contributed by atoms with Crippen molar-refractivity contribution in [2.75, 3.05) is 20.2 Å². The summed E-state index contributed by atoms with van der Waals surface area (Å²) in [6.45, 7) is -0.124. The number of amides is 1. The molecule has 0 spiro atoms. The van der Waals surface area contributed by atoms with Crippen molar-refractivity contribution >= 4 is 11.9 Å². The molecule has 0 aliphatic carbocycles. The number of ether oxygens (including phenoxy) is 1. The molecular formula is C13H16FNO4. The first kappa shape index (κ1) is 14.9. The van der Waals surface area contributed by atoms with E-state index >= 15 is 0 Å². The Morgan fingerprint density at radius 3 is 2.68 bits per heavy atom.